The van der Waals surface area contributed by atoms with Gasteiger partial charge in [-0.25, -0.2) is 4.68 Å². The molecule has 0 fully saturated rings. The van der Waals surface area contributed by atoms with Gasteiger partial charge < -0.3 is 5.32 Å². The molecule has 0 radical (unpaired) electrons. The van der Waals surface area contributed by atoms with E-state index in [1.54, 1.807) is 16.0 Å². The second-order valence-corrected chi connectivity index (χ2v) is 6.57. The average molecular weight is 330 g/mol. The molecule has 0 saturated carbocycles. The molecule has 0 bridgehead atoms. The molecule has 2 aromatic heterocycles. The molecule has 3 aromatic rings. The van der Waals surface area contributed by atoms with Crippen LogP contribution < -0.4 is 5.32 Å². The summed E-state index contributed by atoms with van der Waals surface area (Å²) in [5, 5.41) is 10.1. The number of hydrogen-bond acceptors (Lipinski definition) is 3. The number of rotatable bonds is 2. The highest BCUT2D eigenvalue weighted by atomic mass is 35.5. The van der Waals surface area contributed by atoms with Crippen LogP contribution in [0.4, 0.5) is 5.82 Å². The molecule has 0 aliphatic carbocycles. The number of nitrogens with zero attached hydrogens (tertiary/aromatic N) is 2. The van der Waals surface area contributed by atoms with E-state index in [0.29, 0.717) is 11.4 Å². The van der Waals surface area contributed by atoms with Crippen LogP contribution in [0.3, 0.4) is 0 Å². The van der Waals surface area contributed by atoms with Gasteiger partial charge >= 0.3 is 0 Å². The highest BCUT2D eigenvalue weighted by Gasteiger charge is 2.30. The molecule has 1 aliphatic rings. The molecular formula is C16H12ClN3OS. The van der Waals surface area contributed by atoms with Gasteiger partial charge in [0.25, 0.3) is 0 Å². The third kappa shape index (κ3) is 2.23. The number of benzene rings is 1. The molecule has 1 N–H and O–H groups in total. The Kier molecular flexibility index (Phi) is 3.24. The molecule has 22 heavy (non-hydrogen) atoms. The number of halogens is 1. The molecule has 0 saturated heterocycles. The number of fused-ring (bicyclic) bond motifs is 1. The number of amides is 1. The minimum Gasteiger partial charge on any atom is -0.310 e. The van der Waals surface area contributed by atoms with Gasteiger partial charge in [-0.3, -0.25) is 4.79 Å². The number of anilines is 1. The zero-order chi connectivity index (χ0) is 15.1. The summed E-state index contributed by atoms with van der Waals surface area (Å²) in [6, 6.07) is 11.5. The highest BCUT2D eigenvalue weighted by Crippen LogP contribution is 2.39. The first kappa shape index (κ1) is 13.5. The second kappa shape index (κ2) is 5.26. The van der Waals surface area contributed by atoms with E-state index in [9.17, 15) is 4.79 Å². The first-order valence-electron chi connectivity index (χ1n) is 6.89. The van der Waals surface area contributed by atoms with Crippen LogP contribution in [0.2, 0.25) is 5.02 Å². The minimum atomic E-state index is 0.0154. The molecular weight excluding hydrogens is 318 g/mol. The van der Waals surface area contributed by atoms with Crippen LogP contribution in [0.5, 0.6) is 0 Å². The lowest BCUT2D eigenvalue weighted by molar-refractivity contribution is -0.116. The standard InChI is InChI=1S/C16H12ClN3OS/c17-10-3-5-11(6-4-10)20-16-13(9-18-20)12(8-15(21)19-16)14-2-1-7-22-14/h1-7,9,12H,8H2,(H,19,21)/t12-/m1/s1. The largest absolute Gasteiger partial charge is 0.310 e. The summed E-state index contributed by atoms with van der Waals surface area (Å²) in [5.41, 5.74) is 1.93. The zero-order valence-corrected chi connectivity index (χ0v) is 13.1. The van der Waals surface area contributed by atoms with Crippen molar-refractivity contribution in [1.82, 2.24) is 9.78 Å². The Bertz CT molecular complexity index is 824. The van der Waals surface area contributed by atoms with E-state index in [1.165, 1.54) is 4.88 Å². The van der Waals surface area contributed by atoms with Crippen LogP contribution in [0.1, 0.15) is 22.8 Å². The van der Waals surface area contributed by atoms with E-state index in [4.69, 9.17) is 11.6 Å². The summed E-state index contributed by atoms with van der Waals surface area (Å²) >= 11 is 7.60. The van der Waals surface area contributed by atoms with E-state index in [1.807, 2.05) is 41.9 Å². The first-order chi connectivity index (χ1) is 10.7. The number of hydrogen-bond donors (Lipinski definition) is 1. The fourth-order valence-electron chi connectivity index (χ4n) is 2.74. The number of nitrogens with one attached hydrogen (secondary N) is 1. The van der Waals surface area contributed by atoms with Crippen molar-refractivity contribution in [2.24, 2.45) is 0 Å². The second-order valence-electron chi connectivity index (χ2n) is 5.16. The molecule has 6 heteroatoms. The smallest absolute Gasteiger partial charge is 0.226 e. The van der Waals surface area contributed by atoms with Crippen molar-refractivity contribution >= 4 is 34.7 Å². The van der Waals surface area contributed by atoms with Gasteiger partial charge in [-0.1, -0.05) is 17.7 Å². The third-order valence-corrected chi connectivity index (χ3v) is 5.02. The van der Waals surface area contributed by atoms with Gasteiger partial charge in [-0.15, -0.1) is 11.3 Å². The van der Waals surface area contributed by atoms with Crippen LogP contribution in [0, 0.1) is 0 Å². The molecule has 1 amide bonds. The Morgan fingerprint density at radius 1 is 1.27 bits per heavy atom. The first-order valence-corrected chi connectivity index (χ1v) is 8.15. The van der Waals surface area contributed by atoms with Gasteiger partial charge in [0.2, 0.25) is 5.91 Å². The zero-order valence-electron chi connectivity index (χ0n) is 11.5. The van der Waals surface area contributed by atoms with Gasteiger partial charge in [0.1, 0.15) is 5.82 Å². The summed E-state index contributed by atoms with van der Waals surface area (Å²) in [5.74, 6) is 0.836. The van der Waals surface area contributed by atoms with Crippen LogP contribution >= 0.6 is 22.9 Å². The van der Waals surface area contributed by atoms with Crippen LogP contribution in [-0.2, 0) is 4.79 Å². The lowest BCUT2D eigenvalue weighted by Crippen LogP contribution is -2.24. The lowest BCUT2D eigenvalue weighted by Gasteiger charge is -2.22. The van der Waals surface area contributed by atoms with E-state index in [2.05, 4.69) is 16.5 Å². The molecule has 1 atom stereocenters. The van der Waals surface area contributed by atoms with Gasteiger partial charge in [0.05, 0.1) is 11.9 Å². The van der Waals surface area contributed by atoms with E-state index < -0.39 is 0 Å². The maximum atomic E-state index is 12.1. The fraction of sp³-hybridized carbons (Fsp3) is 0.125. The lowest BCUT2D eigenvalue weighted by atomic mass is 9.93. The van der Waals surface area contributed by atoms with Crippen LogP contribution in [-0.4, -0.2) is 15.7 Å². The summed E-state index contributed by atoms with van der Waals surface area (Å²) in [7, 11) is 0. The SMILES string of the molecule is O=C1C[C@@H](c2cccs2)c2cnn(-c3ccc(Cl)cc3)c2N1. The van der Waals surface area contributed by atoms with Crippen LogP contribution in [0.15, 0.2) is 48.0 Å². The maximum Gasteiger partial charge on any atom is 0.226 e. The number of carbonyl (C=O) groups excluding carboxylic acids is 1. The monoisotopic (exact) mass is 329 g/mol. The predicted molar refractivity (Wildman–Crippen MR) is 88.0 cm³/mol. The quantitative estimate of drug-likeness (QED) is 0.770. The van der Waals surface area contributed by atoms with Gasteiger partial charge in [-0.05, 0) is 35.7 Å². The van der Waals surface area contributed by atoms with Crippen molar-refractivity contribution < 1.29 is 4.79 Å². The van der Waals surface area contributed by atoms with Gasteiger partial charge in [-0.2, -0.15) is 5.10 Å². The summed E-state index contributed by atoms with van der Waals surface area (Å²) in [6.07, 6.45) is 2.30. The Morgan fingerprint density at radius 2 is 2.09 bits per heavy atom. The molecule has 1 aromatic carbocycles. The fourth-order valence-corrected chi connectivity index (χ4v) is 3.71. The van der Waals surface area contributed by atoms with Crippen LogP contribution in [0.25, 0.3) is 5.69 Å². The Hall–Kier alpha value is -2.11. The number of thiophene rings is 1. The highest BCUT2D eigenvalue weighted by molar-refractivity contribution is 7.10. The van der Waals surface area contributed by atoms with E-state index in [0.717, 1.165) is 17.1 Å². The van der Waals surface area contributed by atoms with Crippen molar-refractivity contribution in [2.75, 3.05) is 5.32 Å². The average Bonchev–Trinajstić information content (AvgIpc) is 3.16. The molecule has 4 rings (SSSR count). The molecule has 0 unspecified atom stereocenters. The normalized spacial score (nSPS) is 17.1. The predicted octanol–water partition coefficient (Wildman–Crippen LogP) is 4.06. The van der Waals surface area contributed by atoms with Crippen molar-refractivity contribution in [3.63, 3.8) is 0 Å². The third-order valence-electron chi connectivity index (χ3n) is 3.78. The van der Waals surface area contributed by atoms with E-state index in [-0.39, 0.29) is 11.8 Å². The summed E-state index contributed by atoms with van der Waals surface area (Å²) in [4.78, 5) is 13.3. The molecule has 0 spiro atoms. The topological polar surface area (TPSA) is 46.9 Å². The van der Waals surface area contributed by atoms with Crippen molar-refractivity contribution in [3.8, 4) is 5.69 Å². The minimum absolute atomic E-state index is 0.0154. The summed E-state index contributed by atoms with van der Waals surface area (Å²) in [6.45, 7) is 0. The summed E-state index contributed by atoms with van der Waals surface area (Å²) < 4.78 is 1.75. The van der Waals surface area contributed by atoms with Crippen molar-refractivity contribution in [3.05, 3.63) is 63.4 Å². The van der Waals surface area contributed by atoms with Crippen molar-refractivity contribution in [1.29, 1.82) is 0 Å². The maximum absolute atomic E-state index is 12.1. The van der Waals surface area contributed by atoms with Gasteiger partial charge in [0, 0.05) is 27.8 Å². The molecule has 110 valence electrons. The number of carbonyl (C=O) groups is 1. The Labute approximate surface area is 136 Å². The molecule has 1 aliphatic heterocycles. The Morgan fingerprint density at radius 3 is 2.82 bits per heavy atom. The van der Waals surface area contributed by atoms with Crippen molar-refractivity contribution in [2.45, 2.75) is 12.3 Å². The molecule has 4 nitrogen and oxygen atoms in total. The number of aromatic nitrogens is 2. The molecule has 3 heterocycles. The Balaban J connectivity index is 1.82. The van der Waals surface area contributed by atoms with E-state index >= 15 is 0 Å². The van der Waals surface area contributed by atoms with Gasteiger partial charge in [0.15, 0.2) is 0 Å².